The van der Waals surface area contributed by atoms with E-state index in [4.69, 9.17) is 9.47 Å². The Labute approximate surface area is 84.9 Å². The van der Waals surface area contributed by atoms with Crippen molar-refractivity contribution in [3.63, 3.8) is 0 Å². The van der Waals surface area contributed by atoms with E-state index < -0.39 is 0 Å². The fourth-order valence-electron chi connectivity index (χ4n) is 1.73. The summed E-state index contributed by atoms with van der Waals surface area (Å²) in [5.41, 5.74) is 0. The van der Waals surface area contributed by atoms with Crippen molar-refractivity contribution in [2.45, 2.75) is 38.5 Å². The summed E-state index contributed by atoms with van der Waals surface area (Å²) in [5.74, 6) is 2.15. The average Bonchev–Trinajstić information content (AvgIpc) is 2.86. The summed E-state index contributed by atoms with van der Waals surface area (Å²) in [6.45, 7) is 0. The molecule has 0 aliphatic heterocycles. The molecular weight excluding hydrogens is 176 g/mol. The lowest BCUT2D eigenvalue weighted by Crippen LogP contribution is -1.82. The number of ether oxygens (including phenoxy) is 2. The van der Waals surface area contributed by atoms with E-state index >= 15 is 0 Å². The van der Waals surface area contributed by atoms with Crippen LogP contribution in [0.5, 0.6) is 0 Å². The lowest BCUT2D eigenvalue weighted by molar-refractivity contribution is 0.289. The van der Waals surface area contributed by atoms with Crippen molar-refractivity contribution in [2.24, 2.45) is 0 Å². The number of hydrogen-bond acceptors (Lipinski definition) is 2. The number of allylic oxidation sites excluding steroid dienone is 4. The first-order valence-corrected chi connectivity index (χ1v) is 5.31. The monoisotopic (exact) mass is 192 g/mol. The fraction of sp³-hybridized carbons (Fsp3) is 0.500. The van der Waals surface area contributed by atoms with Gasteiger partial charge < -0.3 is 9.47 Å². The molecule has 0 N–H and O–H groups in total. The molecule has 2 aliphatic carbocycles. The quantitative estimate of drug-likeness (QED) is 0.633. The van der Waals surface area contributed by atoms with Crippen LogP contribution >= 0.6 is 0 Å². The maximum atomic E-state index is 5.39. The Kier molecular flexibility index (Phi) is 3.28. The predicted octanol–water partition coefficient (Wildman–Crippen LogP) is 3.63. The van der Waals surface area contributed by atoms with Crippen LogP contribution in [0.25, 0.3) is 0 Å². The standard InChI is InChI=1S/C12H16O2/c1-2-6-11(5-1)13-9-10-14-12-7-3-4-8-12/h5,7,9-10H,1-4,6,8H2. The molecule has 0 aromatic heterocycles. The molecule has 0 radical (unpaired) electrons. The second-order valence-corrected chi connectivity index (χ2v) is 3.63. The van der Waals surface area contributed by atoms with E-state index in [9.17, 15) is 0 Å². The minimum atomic E-state index is 1.06. The van der Waals surface area contributed by atoms with Crippen LogP contribution in [0.1, 0.15) is 38.5 Å². The van der Waals surface area contributed by atoms with E-state index in [0.717, 1.165) is 37.2 Å². The summed E-state index contributed by atoms with van der Waals surface area (Å²) < 4.78 is 10.8. The zero-order chi connectivity index (χ0) is 9.64. The molecule has 14 heavy (non-hydrogen) atoms. The molecule has 0 saturated heterocycles. The van der Waals surface area contributed by atoms with Crippen molar-refractivity contribution >= 4 is 0 Å². The van der Waals surface area contributed by atoms with Crippen LogP contribution in [-0.4, -0.2) is 0 Å². The Hall–Kier alpha value is -1.18. The molecule has 0 atom stereocenters. The van der Waals surface area contributed by atoms with E-state index in [1.807, 2.05) is 0 Å². The van der Waals surface area contributed by atoms with Gasteiger partial charge in [0, 0.05) is 12.8 Å². The molecule has 0 aromatic rings. The third-order valence-corrected chi connectivity index (χ3v) is 2.49. The minimum Gasteiger partial charge on any atom is -0.466 e. The molecule has 2 aliphatic rings. The molecule has 0 heterocycles. The van der Waals surface area contributed by atoms with Gasteiger partial charge >= 0.3 is 0 Å². The third kappa shape index (κ3) is 2.66. The molecule has 2 nitrogen and oxygen atoms in total. The van der Waals surface area contributed by atoms with Gasteiger partial charge in [-0.2, -0.15) is 0 Å². The van der Waals surface area contributed by atoms with Crippen molar-refractivity contribution in [3.8, 4) is 0 Å². The molecule has 2 heteroatoms. The Balaban J connectivity index is 1.67. The van der Waals surface area contributed by atoms with Gasteiger partial charge in [-0.15, -0.1) is 0 Å². The van der Waals surface area contributed by atoms with E-state index in [-0.39, 0.29) is 0 Å². The Bertz CT molecular complexity index is 246. The van der Waals surface area contributed by atoms with Crippen LogP contribution in [0.2, 0.25) is 0 Å². The van der Waals surface area contributed by atoms with E-state index in [1.165, 1.54) is 12.8 Å². The molecule has 0 amide bonds. The second kappa shape index (κ2) is 4.89. The average molecular weight is 192 g/mol. The number of rotatable bonds is 4. The maximum absolute atomic E-state index is 5.39. The predicted molar refractivity (Wildman–Crippen MR) is 55.2 cm³/mol. The molecule has 0 bridgehead atoms. The maximum Gasteiger partial charge on any atom is 0.126 e. The molecule has 0 spiro atoms. The smallest absolute Gasteiger partial charge is 0.126 e. The summed E-state index contributed by atoms with van der Waals surface area (Å²) >= 11 is 0. The van der Waals surface area contributed by atoms with Crippen molar-refractivity contribution in [3.05, 3.63) is 36.2 Å². The van der Waals surface area contributed by atoms with E-state index in [2.05, 4.69) is 12.2 Å². The van der Waals surface area contributed by atoms with Gasteiger partial charge in [0.2, 0.25) is 0 Å². The van der Waals surface area contributed by atoms with Crippen molar-refractivity contribution in [1.29, 1.82) is 0 Å². The molecule has 0 aromatic carbocycles. The summed E-state index contributed by atoms with van der Waals surface area (Å²) in [6.07, 6.45) is 14.4. The first kappa shape index (κ1) is 9.38. The van der Waals surface area contributed by atoms with Crippen molar-refractivity contribution < 1.29 is 9.47 Å². The van der Waals surface area contributed by atoms with Gasteiger partial charge in [-0.05, 0) is 37.8 Å². The van der Waals surface area contributed by atoms with Gasteiger partial charge in [0.15, 0.2) is 0 Å². The van der Waals surface area contributed by atoms with Gasteiger partial charge in [0.25, 0.3) is 0 Å². The SMILES string of the molecule is C(=COC1=CCCC1)OC1=CCCC1. The lowest BCUT2D eigenvalue weighted by atomic mass is 10.4. The largest absolute Gasteiger partial charge is 0.466 e. The van der Waals surface area contributed by atoms with Crippen LogP contribution in [0.4, 0.5) is 0 Å². The zero-order valence-corrected chi connectivity index (χ0v) is 8.37. The Morgan fingerprint density at radius 1 is 0.857 bits per heavy atom. The highest BCUT2D eigenvalue weighted by molar-refractivity contribution is 5.02. The van der Waals surface area contributed by atoms with E-state index in [0.29, 0.717) is 0 Å². The van der Waals surface area contributed by atoms with Crippen molar-refractivity contribution in [1.82, 2.24) is 0 Å². The number of hydrogen-bond donors (Lipinski definition) is 0. The van der Waals surface area contributed by atoms with E-state index in [1.54, 1.807) is 12.5 Å². The van der Waals surface area contributed by atoms with Gasteiger partial charge in [-0.25, -0.2) is 0 Å². The van der Waals surface area contributed by atoms with Gasteiger partial charge in [0.05, 0.1) is 11.5 Å². The first-order valence-electron chi connectivity index (χ1n) is 5.31. The Morgan fingerprint density at radius 2 is 1.36 bits per heavy atom. The van der Waals surface area contributed by atoms with Gasteiger partial charge in [-0.1, -0.05) is 0 Å². The first-order chi connectivity index (χ1) is 6.95. The lowest BCUT2D eigenvalue weighted by Gasteiger charge is -2.01. The molecule has 0 saturated carbocycles. The normalized spacial score (nSPS) is 21.1. The summed E-state index contributed by atoms with van der Waals surface area (Å²) in [6, 6.07) is 0. The molecular formula is C12H16O2. The van der Waals surface area contributed by atoms with Crippen molar-refractivity contribution in [2.75, 3.05) is 0 Å². The molecule has 76 valence electrons. The topological polar surface area (TPSA) is 18.5 Å². The Morgan fingerprint density at radius 3 is 1.71 bits per heavy atom. The van der Waals surface area contributed by atoms with Gasteiger partial charge in [-0.3, -0.25) is 0 Å². The summed E-state index contributed by atoms with van der Waals surface area (Å²) in [7, 11) is 0. The van der Waals surface area contributed by atoms with Crippen LogP contribution in [0, 0.1) is 0 Å². The molecule has 0 unspecified atom stereocenters. The highest BCUT2D eigenvalue weighted by atomic mass is 16.5. The minimum absolute atomic E-state index is 1.06. The third-order valence-electron chi connectivity index (χ3n) is 2.49. The van der Waals surface area contributed by atoms with Crippen LogP contribution < -0.4 is 0 Å². The summed E-state index contributed by atoms with van der Waals surface area (Å²) in [4.78, 5) is 0. The van der Waals surface area contributed by atoms with Crippen LogP contribution in [-0.2, 0) is 9.47 Å². The molecule has 2 rings (SSSR count). The summed E-state index contributed by atoms with van der Waals surface area (Å²) in [5, 5.41) is 0. The zero-order valence-electron chi connectivity index (χ0n) is 8.37. The highest BCUT2D eigenvalue weighted by Gasteiger charge is 2.04. The molecule has 0 fully saturated rings. The second-order valence-electron chi connectivity index (χ2n) is 3.63. The fourth-order valence-corrected chi connectivity index (χ4v) is 1.73. The van der Waals surface area contributed by atoms with Crippen LogP contribution in [0.3, 0.4) is 0 Å². The van der Waals surface area contributed by atoms with Gasteiger partial charge in [0.1, 0.15) is 12.5 Å². The highest BCUT2D eigenvalue weighted by Crippen LogP contribution is 2.20. The van der Waals surface area contributed by atoms with Crippen LogP contribution in [0.15, 0.2) is 36.2 Å².